The molecule has 1 saturated heterocycles. The van der Waals surface area contributed by atoms with Gasteiger partial charge >= 0.3 is 0 Å². The monoisotopic (exact) mass is 406 g/mol. The number of carbonyl (C=O) groups is 2. The van der Waals surface area contributed by atoms with Crippen molar-refractivity contribution in [3.05, 3.63) is 60.7 Å². The average molecular weight is 406 g/mol. The van der Waals surface area contributed by atoms with Crippen molar-refractivity contribution in [2.24, 2.45) is 28.8 Å². The first-order valence-corrected chi connectivity index (χ1v) is 10.3. The van der Waals surface area contributed by atoms with Gasteiger partial charge in [0.1, 0.15) is 6.61 Å². The number of ether oxygens (including phenoxy) is 2. The van der Waals surface area contributed by atoms with Crippen LogP contribution in [0.1, 0.15) is 24.5 Å². The summed E-state index contributed by atoms with van der Waals surface area (Å²) in [5.41, 5.74) is 1.61. The van der Waals surface area contributed by atoms with Crippen LogP contribution in [0.25, 0.3) is 0 Å². The molecule has 156 valence electrons. The molecule has 6 nitrogen and oxygen atoms in total. The number of nitrogens with zero attached hydrogens (tertiary/aromatic N) is 2. The van der Waals surface area contributed by atoms with Crippen LogP contribution in [-0.2, 0) is 16.0 Å². The molecule has 3 aliphatic rings. The number of hydrogen-bond acceptors (Lipinski definition) is 5. The fourth-order valence-electron chi connectivity index (χ4n) is 4.76. The van der Waals surface area contributed by atoms with E-state index in [9.17, 15) is 9.59 Å². The predicted octanol–water partition coefficient (Wildman–Crippen LogP) is 3.52. The highest BCUT2D eigenvalue weighted by molar-refractivity contribution is 6.06. The molecule has 0 spiro atoms. The highest BCUT2D eigenvalue weighted by atomic mass is 16.5. The van der Waals surface area contributed by atoms with E-state index in [0.717, 1.165) is 22.6 Å². The number of imide groups is 1. The zero-order valence-corrected chi connectivity index (χ0v) is 17.1. The van der Waals surface area contributed by atoms with E-state index in [1.807, 2.05) is 13.0 Å². The second kappa shape index (κ2) is 8.30. The Morgan fingerprint density at radius 3 is 2.40 bits per heavy atom. The fraction of sp³-hybridized carbons (Fsp3) is 0.375. The molecule has 2 amide bonds. The van der Waals surface area contributed by atoms with Gasteiger partial charge in [0.25, 0.3) is 11.8 Å². The Labute approximate surface area is 176 Å². The molecule has 0 radical (unpaired) electrons. The summed E-state index contributed by atoms with van der Waals surface area (Å²) < 4.78 is 11.6. The molecule has 0 aromatic heterocycles. The van der Waals surface area contributed by atoms with E-state index in [1.165, 1.54) is 0 Å². The van der Waals surface area contributed by atoms with Gasteiger partial charge in [-0.15, -0.1) is 6.58 Å². The third kappa shape index (κ3) is 3.36. The molecule has 4 rings (SSSR count). The molecule has 30 heavy (non-hydrogen) atoms. The van der Waals surface area contributed by atoms with Crippen LogP contribution in [0.5, 0.6) is 11.5 Å². The minimum Gasteiger partial charge on any atom is -0.490 e. The Morgan fingerprint density at radius 2 is 1.80 bits per heavy atom. The van der Waals surface area contributed by atoms with Gasteiger partial charge in [0.15, 0.2) is 11.5 Å². The van der Waals surface area contributed by atoms with Crippen LogP contribution >= 0.6 is 0 Å². The number of carbonyl (C=O) groups excluding carboxylic acids is 2. The lowest BCUT2D eigenvalue weighted by molar-refractivity contribution is -0.140. The number of allylic oxidation sites excluding steroid dienone is 3. The van der Waals surface area contributed by atoms with Crippen LogP contribution in [0.3, 0.4) is 0 Å². The first-order valence-electron chi connectivity index (χ1n) is 10.3. The topological polar surface area (TPSA) is 68.2 Å². The zero-order valence-electron chi connectivity index (χ0n) is 17.1. The molecule has 2 fully saturated rings. The molecule has 2 bridgehead atoms. The third-order valence-corrected chi connectivity index (χ3v) is 5.93. The quantitative estimate of drug-likeness (QED) is 0.357. The number of amides is 2. The molecule has 0 N–H and O–H groups in total. The van der Waals surface area contributed by atoms with Crippen molar-refractivity contribution in [1.82, 2.24) is 5.01 Å². The first kappa shape index (κ1) is 20.1. The number of hydrazone groups is 1. The Kier molecular flexibility index (Phi) is 5.57. The van der Waals surface area contributed by atoms with Crippen molar-refractivity contribution in [3.63, 3.8) is 0 Å². The molecule has 1 heterocycles. The SMILES string of the molecule is C=CCOc1c(CC=C)cc(C=NN2C(=O)C3C4C=CC(C4)C3C2=O)cc1OCC. The largest absolute Gasteiger partial charge is 0.490 e. The van der Waals surface area contributed by atoms with E-state index in [0.29, 0.717) is 31.1 Å². The molecule has 2 aliphatic carbocycles. The van der Waals surface area contributed by atoms with Gasteiger partial charge in [-0.2, -0.15) is 10.1 Å². The van der Waals surface area contributed by atoms with Gasteiger partial charge in [-0.1, -0.05) is 30.9 Å². The lowest BCUT2D eigenvalue weighted by atomic mass is 9.85. The molecular weight excluding hydrogens is 380 g/mol. The van der Waals surface area contributed by atoms with Crippen molar-refractivity contribution in [1.29, 1.82) is 0 Å². The molecule has 1 aliphatic heterocycles. The van der Waals surface area contributed by atoms with Crippen LogP contribution in [0.2, 0.25) is 0 Å². The number of rotatable bonds is 9. The number of hydrogen-bond donors (Lipinski definition) is 0. The summed E-state index contributed by atoms with van der Waals surface area (Å²) in [7, 11) is 0. The minimum absolute atomic E-state index is 0.168. The van der Waals surface area contributed by atoms with E-state index >= 15 is 0 Å². The van der Waals surface area contributed by atoms with E-state index < -0.39 is 0 Å². The lowest BCUT2D eigenvalue weighted by Gasteiger charge is -2.16. The summed E-state index contributed by atoms with van der Waals surface area (Å²) in [4.78, 5) is 25.6. The molecular formula is C24H26N2O4. The maximum atomic E-state index is 12.8. The molecule has 4 unspecified atom stereocenters. The molecule has 1 saturated carbocycles. The van der Waals surface area contributed by atoms with Crippen LogP contribution in [0.4, 0.5) is 0 Å². The van der Waals surface area contributed by atoms with Crippen LogP contribution < -0.4 is 9.47 Å². The summed E-state index contributed by atoms with van der Waals surface area (Å²) in [5.74, 6) is 0.658. The van der Waals surface area contributed by atoms with Gasteiger partial charge in [-0.3, -0.25) is 9.59 Å². The van der Waals surface area contributed by atoms with Crippen LogP contribution in [0.15, 0.2) is 54.7 Å². The maximum absolute atomic E-state index is 12.8. The summed E-state index contributed by atoms with van der Waals surface area (Å²) in [6, 6.07) is 3.71. The number of benzene rings is 1. The van der Waals surface area contributed by atoms with E-state index in [-0.39, 0.29) is 35.5 Å². The summed E-state index contributed by atoms with van der Waals surface area (Å²) >= 11 is 0. The molecule has 1 aromatic carbocycles. The second-order valence-corrected chi connectivity index (χ2v) is 7.77. The van der Waals surface area contributed by atoms with Crippen LogP contribution in [-0.4, -0.2) is 36.3 Å². The van der Waals surface area contributed by atoms with Gasteiger partial charge in [0, 0.05) is 5.56 Å². The van der Waals surface area contributed by atoms with Gasteiger partial charge in [0.2, 0.25) is 0 Å². The van der Waals surface area contributed by atoms with Crippen molar-refractivity contribution in [3.8, 4) is 11.5 Å². The van der Waals surface area contributed by atoms with Crippen molar-refractivity contribution >= 4 is 18.0 Å². The molecule has 6 heteroatoms. The summed E-state index contributed by atoms with van der Waals surface area (Å²) in [5, 5.41) is 5.32. The van der Waals surface area contributed by atoms with Gasteiger partial charge < -0.3 is 9.47 Å². The summed E-state index contributed by atoms with van der Waals surface area (Å²) in [6.45, 7) is 10.2. The van der Waals surface area contributed by atoms with Crippen LogP contribution in [0, 0.1) is 23.7 Å². The van der Waals surface area contributed by atoms with Crippen molar-refractivity contribution < 1.29 is 19.1 Å². The first-order chi connectivity index (χ1) is 14.6. The Hall–Kier alpha value is -3.15. The van der Waals surface area contributed by atoms with E-state index in [1.54, 1.807) is 24.4 Å². The molecule has 1 aromatic rings. The third-order valence-electron chi connectivity index (χ3n) is 5.93. The normalized spacial score (nSPS) is 26.5. The smallest absolute Gasteiger partial charge is 0.254 e. The maximum Gasteiger partial charge on any atom is 0.254 e. The van der Waals surface area contributed by atoms with E-state index in [4.69, 9.17) is 9.47 Å². The highest BCUT2D eigenvalue weighted by Gasteiger charge is 2.59. The van der Waals surface area contributed by atoms with Gasteiger partial charge in [-0.25, -0.2) is 0 Å². The average Bonchev–Trinajstić information content (AvgIpc) is 3.41. The second-order valence-electron chi connectivity index (χ2n) is 7.77. The predicted molar refractivity (Wildman–Crippen MR) is 114 cm³/mol. The Bertz CT molecular complexity index is 919. The molecule has 4 atom stereocenters. The van der Waals surface area contributed by atoms with Gasteiger partial charge in [0.05, 0.1) is 24.7 Å². The lowest BCUT2D eigenvalue weighted by Crippen LogP contribution is -2.28. The fourth-order valence-corrected chi connectivity index (χ4v) is 4.76. The Balaban J connectivity index is 1.61. The van der Waals surface area contributed by atoms with E-state index in [2.05, 4.69) is 30.4 Å². The van der Waals surface area contributed by atoms with Crippen molar-refractivity contribution in [2.45, 2.75) is 19.8 Å². The summed E-state index contributed by atoms with van der Waals surface area (Å²) in [6.07, 6.45) is 10.6. The van der Waals surface area contributed by atoms with Crippen molar-refractivity contribution in [2.75, 3.05) is 13.2 Å². The number of fused-ring (bicyclic) bond motifs is 5. The minimum atomic E-state index is -0.255. The Morgan fingerprint density at radius 1 is 1.10 bits per heavy atom. The van der Waals surface area contributed by atoms with Gasteiger partial charge in [-0.05, 0) is 49.3 Å². The standard InChI is InChI=1S/C24H26N2O4/c1-4-7-18-11-15(12-19(29-6-3)22(18)30-10-5-2)14-25-26-23(27)20-16-8-9-17(13-16)21(20)24(26)28/h4-5,8-9,11-12,14,16-17,20-21H,1-2,6-7,10,13H2,3H3. The highest BCUT2D eigenvalue weighted by Crippen LogP contribution is 2.52. The zero-order chi connectivity index (χ0) is 21.3.